The molecule has 0 aliphatic carbocycles. The summed E-state index contributed by atoms with van der Waals surface area (Å²) in [6, 6.07) is 17.2. The summed E-state index contributed by atoms with van der Waals surface area (Å²) in [6.45, 7) is 6.35. The molecule has 0 amide bonds. The lowest BCUT2D eigenvalue weighted by molar-refractivity contribution is 0.138. The summed E-state index contributed by atoms with van der Waals surface area (Å²) < 4.78 is 0. The summed E-state index contributed by atoms with van der Waals surface area (Å²) >= 11 is 0. The Morgan fingerprint density at radius 3 is 2.54 bits per heavy atom. The van der Waals surface area contributed by atoms with Crippen LogP contribution in [-0.2, 0) is 6.42 Å². The molecule has 28 heavy (non-hydrogen) atoms. The number of pyridine rings is 1. The number of hydrogen-bond acceptors (Lipinski definition) is 3. The third kappa shape index (κ3) is 6.06. The molecule has 1 aliphatic rings. The van der Waals surface area contributed by atoms with Crippen molar-refractivity contribution >= 4 is 5.96 Å². The van der Waals surface area contributed by atoms with E-state index in [0.717, 1.165) is 50.2 Å². The van der Waals surface area contributed by atoms with Crippen molar-refractivity contribution in [1.29, 1.82) is 0 Å². The van der Waals surface area contributed by atoms with Crippen molar-refractivity contribution in [3.8, 4) is 0 Å². The molecule has 1 aromatic heterocycles. The van der Waals surface area contributed by atoms with Gasteiger partial charge in [0.25, 0.3) is 0 Å². The largest absolute Gasteiger partial charge is 0.356 e. The highest BCUT2D eigenvalue weighted by atomic mass is 15.2. The van der Waals surface area contributed by atoms with Gasteiger partial charge in [-0.25, -0.2) is 0 Å². The zero-order valence-corrected chi connectivity index (χ0v) is 17.1. The Balaban J connectivity index is 1.55. The van der Waals surface area contributed by atoms with Gasteiger partial charge in [0.15, 0.2) is 5.96 Å². The molecular weight excluding hydrogens is 346 g/mol. The number of aromatic nitrogens is 1. The van der Waals surface area contributed by atoms with E-state index in [1.807, 2.05) is 25.4 Å². The molecule has 5 heteroatoms. The predicted molar refractivity (Wildman–Crippen MR) is 116 cm³/mol. The van der Waals surface area contributed by atoms with Crippen molar-refractivity contribution in [2.75, 3.05) is 33.2 Å². The van der Waals surface area contributed by atoms with Gasteiger partial charge in [0.1, 0.15) is 0 Å². The molecule has 2 aromatic rings. The minimum absolute atomic E-state index is 0.364. The van der Waals surface area contributed by atoms with Crippen LogP contribution in [0.2, 0.25) is 0 Å². The highest BCUT2D eigenvalue weighted by molar-refractivity contribution is 5.79. The normalized spacial score (nSPS) is 17.3. The summed E-state index contributed by atoms with van der Waals surface area (Å²) in [6.07, 6.45) is 5.28. The Morgan fingerprint density at radius 2 is 1.86 bits per heavy atom. The van der Waals surface area contributed by atoms with Crippen LogP contribution in [0.5, 0.6) is 0 Å². The second-order valence-electron chi connectivity index (χ2n) is 7.60. The summed E-state index contributed by atoms with van der Waals surface area (Å²) in [5, 5.41) is 6.95. The second kappa shape index (κ2) is 10.8. The minimum atomic E-state index is 0.364. The molecule has 1 fully saturated rings. The van der Waals surface area contributed by atoms with Gasteiger partial charge in [-0.15, -0.1) is 0 Å². The lowest BCUT2D eigenvalue weighted by Crippen LogP contribution is -2.45. The Bertz CT molecular complexity index is 708. The maximum atomic E-state index is 4.40. The molecule has 1 atom stereocenters. The third-order valence-electron chi connectivity index (χ3n) is 5.53. The maximum absolute atomic E-state index is 4.40. The Kier molecular flexibility index (Phi) is 7.85. The van der Waals surface area contributed by atoms with Gasteiger partial charge in [0.2, 0.25) is 0 Å². The monoisotopic (exact) mass is 379 g/mol. The maximum Gasteiger partial charge on any atom is 0.191 e. The molecule has 0 saturated carbocycles. The van der Waals surface area contributed by atoms with Crippen LogP contribution >= 0.6 is 0 Å². The quantitative estimate of drug-likeness (QED) is 0.573. The Labute approximate surface area is 169 Å². The molecule has 2 N–H and O–H groups in total. The standard InChI is InChI=1S/C23H33N5/c1-19-12-16-28(17-13-19)22(20-8-4-3-5-9-20)18-27-23(24-2)26-15-11-21-10-6-7-14-25-21/h3-10,14,19,22H,11-13,15-18H2,1-2H3,(H2,24,26,27). The van der Waals surface area contributed by atoms with Gasteiger partial charge >= 0.3 is 0 Å². The van der Waals surface area contributed by atoms with Crippen LogP contribution in [0, 0.1) is 5.92 Å². The van der Waals surface area contributed by atoms with Gasteiger partial charge < -0.3 is 10.6 Å². The zero-order valence-electron chi connectivity index (χ0n) is 17.1. The smallest absolute Gasteiger partial charge is 0.191 e. The SMILES string of the molecule is CN=C(NCCc1ccccn1)NCC(c1ccccc1)N1CCC(C)CC1. The molecular formula is C23H33N5. The second-order valence-corrected chi connectivity index (χ2v) is 7.60. The number of nitrogens with one attached hydrogen (secondary N) is 2. The van der Waals surface area contributed by atoms with Crippen molar-refractivity contribution < 1.29 is 0 Å². The van der Waals surface area contributed by atoms with Gasteiger partial charge in [-0.05, 0) is 49.5 Å². The highest BCUT2D eigenvalue weighted by Crippen LogP contribution is 2.26. The third-order valence-corrected chi connectivity index (χ3v) is 5.53. The first kappa shape index (κ1) is 20.3. The van der Waals surface area contributed by atoms with E-state index in [-0.39, 0.29) is 0 Å². The first-order chi connectivity index (χ1) is 13.8. The van der Waals surface area contributed by atoms with Crippen molar-refractivity contribution in [2.24, 2.45) is 10.9 Å². The van der Waals surface area contributed by atoms with Gasteiger partial charge in [0.05, 0.1) is 6.04 Å². The number of aliphatic imine (C=N–C) groups is 1. The average molecular weight is 380 g/mol. The minimum Gasteiger partial charge on any atom is -0.356 e. The summed E-state index contributed by atoms with van der Waals surface area (Å²) in [5.74, 6) is 1.68. The molecule has 1 saturated heterocycles. The summed E-state index contributed by atoms with van der Waals surface area (Å²) in [5.41, 5.74) is 2.46. The van der Waals surface area contributed by atoms with Gasteiger partial charge in [0, 0.05) is 38.4 Å². The molecule has 1 aromatic carbocycles. The van der Waals surface area contributed by atoms with E-state index < -0.39 is 0 Å². The van der Waals surface area contributed by atoms with Gasteiger partial charge in [-0.2, -0.15) is 0 Å². The lowest BCUT2D eigenvalue weighted by atomic mass is 9.95. The van der Waals surface area contributed by atoms with Crippen LogP contribution in [0.1, 0.15) is 37.1 Å². The molecule has 0 bridgehead atoms. The number of nitrogens with zero attached hydrogens (tertiary/aromatic N) is 3. The van der Waals surface area contributed by atoms with Crippen LogP contribution in [0.25, 0.3) is 0 Å². The van der Waals surface area contributed by atoms with E-state index in [1.54, 1.807) is 0 Å². The molecule has 1 unspecified atom stereocenters. The Hall–Kier alpha value is -2.40. The summed E-state index contributed by atoms with van der Waals surface area (Å²) in [4.78, 5) is 11.4. The van der Waals surface area contributed by atoms with Crippen molar-refractivity contribution in [1.82, 2.24) is 20.5 Å². The van der Waals surface area contributed by atoms with Gasteiger partial charge in [-0.3, -0.25) is 14.9 Å². The van der Waals surface area contributed by atoms with Crippen LogP contribution in [0.3, 0.4) is 0 Å². The van der Waals surface area contributed by atoms with Gasteiger partial charge in [-0.1, -0.05) is 43.3 Å². The van der Waals surface area contributed by atoms with Crippen molar-refractivity contribution in [3.05, 3.63) is 66.0 Å². The average Bonchev–Trinajstić information content (AvgIpc) is 2.75. The van der Waals surface area contributed by atoms with E-state index in [0.29, 0.717) is 6.04 Å². The van der Waals surface area contributed by atoms with Crippen LogP contribution < -0.4 is 10.6 Å². The molecule has 1 aliphatic heterocycles. The number of benzene rings is 1. The molecule has 0 radical (unpaired) electrons. The zero-order chi connectivity index (χ0) is 19.6. The fourth-order valence-electron chi connectivity index (χ4n) is 3.74. The van der Waals surface area contributed by atoms with E-state index in [1.165, 1.54) is 18.4 Å². The molecule has 5 nitrogen and oxygen atoms in total. The van der Waals surface area contributed by atoms with Crippen LogP contribution in [0.4, 0.5) is 0 Å². The number of likely N-dealkylation sites (tertiary alicyclic amines) is 1. The first-order valence-corrected chi connectivity index (χ1v) is 10.4. The highest BCUT2D eigenvalue weighted by Gasteiger charge is 2.24. The lowest BCUT2D eigenvalue weighted by Gasteiger charge is -2.37. The van der Waals surface area contributed by atoms with Crippen LogP contribution in [0.15, 0.2) is 59.7 Å². The number of hydrogen-bond donors (Lipinski definition) is 2. The molecule has 0 spiro atoms. The van der Waals surface area contributed by atoms with Crippen LogP contribution in [-0.4, -0.2) is 49.1 Å². The number of rotatable bonds is 7. The predicted octanol–water partition coefficient (Wildman–Crippen LogP) is 3.26. The van der Waals surface area contributed by atoms with Crippen molar-refractivity contribution in [3.63, 3.8) is 0 Å². The fourth-order valence-corrected chi connectivity index (χ4v) is 3.74. The number of guanidine groups is 1. The fraction of sp³-hybridized carbons (Fsp3) is 0.478. The number of piperidine rings is 1. The first-order valence-electron chi connectivity index (χ1n) is 10.4. The molecule has 2 heterocycles. The summed E-state index contributed by atoms with van der Waals surface area (Å²) in [7, 11) is 1.83. The van der Waals surface area contributed by atoms with Crippen molar-refractivity contribution in [2.45, 2.75) is 32.2 Å². The molecule has 150 valence electrons. The van der Waals surface area contributed by atoms with E-state index in [2.05, 4.69) is 68.8 Å². The molecule has 3 rings (SSSR count). The van der Waals surface area contributed by atoms with E-state index in [4.69, 9.17) is 0 Å². The van der Waals surface area contributed by atoms with E-state index in [9.17, 15) is 0 Å². The van der Waals surface area contributed by atoms with E-state index >= 15 is 0 Å². The Morgan fingerprint density at radius 1 is 1.11 bits per heavy atom. The topological polar surface area (TPSA) is 52.6 Å².